The fourth-order valence-electron chi connectivity index (χ4n) is 3.82. The van der Waals surface area contributed by atoms with Crippen LogP contribution in [0.25, 0.3) is 5.76 Å². The molecule has 1 aliphatic heterocycles. The number of rotatable bonds is 7. The van der Waals surface area contributed by atoms with E-state index in [-0.39, 0.29) is 11.3 Å². The number of nitrogens with zero attached hydrogens (tertiary/aromatic N) is 1. The zero-order chi connectivity index (χ0) is 21.8. The van der Waals surface area contributed by atoms with E-state index < -0.39 is 17.7 Å². The molecular formula is C24H27NO5. The summed E-state index contributed by atoms with van der Waals surface area (Å²) in [7, 11) is 1.57. The SMILES string of the molecule is CCCN1C(=O)C(=O)/C(=C(/O)c2ccc(OC)c(C)c2)C1c1cccc(OCC)c1. The molecule has 6 nitrogen and oxygen atoms in total. The fourth-order valence-corrected chi connectivity index (χ4v) is 3.82. The lowest BCUT2D eigenvalue weighted by atomic mass is 9.94. The van der Waals surface area contributed by atoms with Crippen molar-refractivity contribution < 1.29 is 24.2 Å². The van der Waals surface area contributed by atoms with Gasteiger partial charge in [-0.15, -0.1) is 0 Å². The molecule has 1 heterocycles. The van der Waals surface area contributed by atoms with E-state index in [4.69, 9.17) is 9.47 Å². The Balaban J connectivity index is 2.17. The summed E-state index contributed by atoms with van der Waals surface area (Å²) in [5, 5.41) is 11.1. The number of methoxy groups -OCH3 is 1. The van der Waals surface area contributed by atoms with Crippen molar-refractivity contribution in [2.75, 3.05) is 20.3 Å². The number of benzene rings is 2. The lowest BCUT2D eigenvalue weighted by Crippen LogP contribution is -2.30. The average molecular weight is 409 g/mol. The van der Waals surface area contributed by atoms with Crippen LogP contribution in [0.15, 0.2) is 48.0 Å². The van der Waals surface area contributed by atoms with Gasteiger partial charge in [-0.25, -0.2) is 0 Å². The number of carbonyl (C=O) groups is 2. The molecule has 6 heteroatoms. The Kier molecular flexibility index (Phi) is 6.45. The zero-order valence-electron chi connectivity index (χ0n) is 17.8. The maximum atomic E-state index is 12.9. The second-order valence-corrected chi connectivity index (χ2v) is 7.18. The molecule has 0 aliphatic carbocycles. The Bertz CT molecular complexity index is 995. The summed E-state index contributed by atoms with van der Waals surface area (Å²) in [6.45, 7) is 6.60. The van der Waals surface area contributed by atoms with Gasteiger partial charge in [-0.2, -0.15) is 0 Å². The van der Waals surface area contributed by atoms with Gasteiger partial charge < -0.3 is 19.5 Å². The summed E-state index contributed by atoms with van der Waals surface area (Å²) in [5.74, 6) is -0.141. The largest absolute Gasteiger partial charge is 0.507 e. The molecule has 1 N–H and O–H groups in total. The first kappa shape index (κ1) is 21.4. The second-order valence-electron chi connectivity index (χ2n) is 7.18. The first-order valence-corrected chi connectivity index (χ1v) is 10.1. The highest BCUT2D eigenvalue weighted by atomic mass is 16.5. The minimum atomic E-state index is -0.679. The molecule has 1 amide bonds. The fraction of sp³-hybridized carbons (Fsp3) is 0.333. The number of Topliss-reactive ketones (excluding diaryl/α,β-unsaturated/α-hetero) is 1. The smallest absolute Gasteiger partial charge is 0.295 e. The molecule has 1 unspecified atom stereocenters. The molecule has 0 spiro atoms. The number of carbonyl (C=O) groups excluding carboxylic acids is 2. The quantitative estimate of drug-likeness (QED) is 0.421. The van der Waals surface area contributed by atoms with Crippen LogP contribution < -0.4 is 9.47 Å². The molecule has 2 aromatic carbocycles. The number of amides is 1. The van der Waals surface area contributed by atoms with Crippen molar-refractivity contribution in [2.45, 2.75) is 33.2 Å². The molecule has 0 bridgehead atoms. The minimum Gasteiger partial charge on any atom is -0.507 e. The summed E-state index contributed by atoms with van der Waals surface area (Å²) in [6.07, 6.45) is 0.691. The number of aliphatic hydroxyl groups is 1. The number of aryl methyl sites for hydroxylation is 1. The third kappa shape index (κ3) is 3.90. The summed E-state index contributed by atoms with van der Waals surface area (Å²) >= 11 is 0. The van der Waals surface area contributed by atoms with E-state index in [1.165, 1.54) is 4.90 Å². The van der Waals surface area contributed by atoms with Crippen LogP contribution in [0, 0.1) is 6.92 Å². The molecule has 1 fully saturated rings. The lowest BCUT2D eigenvalue weighted by Gasteiger charge is -2.25. The third-order valence-electron chi connectivity index (χ3n) is 5.16. The number of ether oxygens (including phenoxy) is 2. The Morgan fingerprint density at radius 3 is 2.53 bits per heavy atom. The maximum absolute atomic E-state index is 12.9. The molecule has 0 aromatic heterocycles. The van der Waals surface area contributed by atoms with Crippen LogP contribution in [0.5, 0.6) is 11.5 Å². The van der Waals surface area contributed by atoms with Gasteiger partial charge in [-0.3, -0.25) is 9.59 Å². The van der Waals surface area contributed by atoms with E-state index in [2.05, 4.69) is 0 Å². The van der Waals surface area contributed by atoms with Crippen LogP contribution in [0.2, 0.25) is 0 Å². The summed E-state index contributed by atoms with van der Waals surface area (Å²) in [4.78, 5) is 27.2. The van der Waals surface area contributed by atoms with Crippen molar-refractivity contribution in [1.29, 1.82) is 0 Å². The Morgan fingerprint density at radius 2 is 1.90 bits per heavy atom. The van der Waals surface area contributed by atoms with Gasteiger partial charge in [0, 0.05) is 12.1 Å². The molecule has 158 valence electrons. The predicted octanol–water partition coefficient (Wildman–Crippen LogP) is 4.23. The van der Waals surface area contributed by atoms with Crippen molar-refractivity contribution in [2.24, 2.45) is 0 Å². The Hall–Kier alpha value is -3.28. The Morgan fingerprint density at radius 1 is 1.13 bits per heavy atom. The molecule has 3 rings (SSSR count). The van der Waals surface area contributed by atoms with Gasteiger partial charge in [0.15, 0.2) is 0 Å². The van der Waals surface area contributed by atoms with Crippen molar-refractivity contribution in [3.05, 3.63) is 64.7 Å². The number of aliphatic hydroxyl groups excluding tert-OH is 1. The van der Waals surface area contributed by atoms with Crippen LogP contribution in [0.1, 0.15) is 43.0 Å². The summed E-state index contributed by atoms with van der Waals surface area (Å²) in [5.41, 5.74) is 2.10. The van der Waals surface area contributed by atoms with Gasteiger partial charge in [0.2, 0.25) is 0 Å². The van der Waals surface area contributed by atoms with Crippen LogP contribution in [0.3, 0.4) is 0 Å². The van der Waals surface area contributed by atoms with Crippen molar-refractivity contribution in [1.82, 2.24) is 4.90 Å². The normalized spacial score (nSPS) is 18.0. The molecular weight excluding hydrogens is 382 g/mol. The van der Waals surface area contributed by atoms with E-state index in [0.29, 0.717) is 36.6 Å². The van der Waals surface area contributed by atoms with Crippen LogP contribution in [-0.4, -0.2) is 42.0 Å². The first-order valence-electron chi connectivity index (χ1n) is 10.1. The van der Waals surface area contributed by atoms with Gasteiger partial charge in [0.05, 0.1) is 25.3 Å². The molecule has 2 aromatic rings. The highest BCUT2D eigenvalue weighted by Crippen LogP contribution is 2.40. The van der Waals surface area contributed by atoms with Crippen LogP contribution in [-0.2, 0) is 9.59 Å². The average Bonchev–Trinajstić information content (AvgIpc) is 2.99. The van der Waals surface area contributed by atoms with E-state index in [1.807, 2.05) is 45.0 Å². The highest BCUT2D eigenvalue weighted by Gasteiger charge is 2.45. The van der Waals surface area contributed by atoms with E-state index in [9.17, 15) is 14.7 Å². The van der Waals surface area contributed by atoms with Gasteiger partial charge in [-0.1, -0.05) is 19.1 Å². The zero-order valence-corrected chi connectivity index (χ0v) is 17.8. The maximum Gasteiger partial charge on any atom is 0.295 e. The van der Waals surface area contributed by atoms with Gasteiger partial charge in [0.25, 0.3) is 11.7 Å². The molecule has 30 heavy (non-hydrogen) atoms. The standard InChI is InChI=1S/C24H27NO5/c1-5-12-25-21(16-8-7-9-18(14-16)30-6-2)20(23(27)24(25)28)22(26)17-10-11-19(29-4)15(3)13-17/h7-11,13-14,21,26H,5-6,12H2,1-4H3/b22-20+. The Labute approximate surface area is 176 Å². The van der Waals surface area contributed by atoms with Crippen molar-refractivity contribution in [3.8, 4) is 11.5 Å². The number of hydrogen-bond donors (Lipinski definition) is 1. The molecule has 1 saturated heterocycles. The van der Waals surface area contributed by atoms with Crippen molar-refractivity contribution >= 4 is 17.4 Å². The first-order chi connectivity index (χ1) is 14.4. The van der Waals surface area contributed by atoms with Gasteiger partial charge >= 0.3 is 0 Å². The molecule has 1 aliphatic rings. The van der Waals surface area contributed by atoms with Crippen LogP contribution in [0.4, 0.5) is 0 Å². The minimum absolute atomic E-state index is 0.0895. The monoisotopic (exact) mass is 409 g/mol. The third-order valence-corrected chi connectivity index (χ3v) is 5.16. The molecule has 0 radical (unpaired) electrons. The van der Waals surface area contributed by atoms with E-state index >= 15 is 0 Å². The summed E-state index contributed by atoms with van der Waals surface area (Å²) in [6, 6.07) is 11.8. The van der Waals surface area contributed by atoms with E-state index in [0.717, 1.165) is 11.1 Å². The van der Waals surface area contributed by atoms with Crippen molar-refractivity contribution in [3.63, 3.8) is 0 Å². The second kappa shape index (κ2) is 9.03. The lowest BCUT2D eigenvalue weighted by molar-refractivity contribution is -0.139. The molecule has 1 atom stereocenters. The van der Waals surface area contributed by atoms with E-state index in [1.54, 1.807) is 25.3 Å². The summed E-state index contributed by atoms with van der Waals surface area (Å²) < 4.78 is 10.9. The predicted molar refractivity (Wildman–Crippen MR) is 115 cm³/mol. The number of likely N-dealkylation sites (tertiary alicyclic amines) is 1. The number of hydrogen-bond acceptors (Lipinski definition) is 5. The van der Waals surface area contributed by atoms with Crippen LogP contribution >= 0.6 is 0 Å². The topological polar surface area (TPSA) is 76.1 Å². The van der Waals surface area contributed by atoms with Gasteiger partial charge in [0.1, 0.15) is 17.3 Å². The number of ketones is 1. The highest BCUT2D eigenvalue weighted by molar-refractivity contribution is 6.46. The van der Waals surface area contributed by atoms with Gasteiger partial charge in [-0.05, 0) is 61.7 Å². The molecule has 0 saturated carbocycles.